The smallest absolute Gasteiger partial charge is 0.336 e. The van der Waals surface area contributed by atoms with Crippen molar-refractivity contribution < 1.29 is 9.34 Å². The second kappa shape index (κ2) is 6.75. The lowest BCUT2D eigenvalue weighted by Gasteiger charge is -2.12. The number of nitro benzene ring substituents is 1. The lowest BCUT2D eigenvalue weighted by molar-refractivity contribution is -0.385. The zero-order valence-corrected chi connectivity index (χ0v) is 13.9. The second-order valence-electron chi connectivity index (χ2n) is 6.00. The Bertz CT molecular complexity index is 1020. The molecule has 0 saturated carbocycles. The van der Waals surface area contributed by atoms with E-state index in [-0.39, 0.29) is 11.6 Å². The van der Waals surface area contributed by atoms with Gasteiger partial charge in [0.05, 0.1) is 16.4 Å². The summed E-state index contributed by atoms with van der Waals surface area (Å²) in [6.07, 6.45) is 5.43. The fraction of sp³-hybridized carbons (Fsp3) is 0.211. The molecule has 2 aromatic rings. The fourth-order valence-corrected chi connectivity index (χ4v) is 2.79. The summed E-state index contributed by atoms with van der Waals surface area (Å²) in [6, 6.07) is 5.61. The number of fused-ring (bicyclic) bond motifs is 1. The molecule has 0 saturated heterocycles. The van der Waals surface area contributed by atoms with Gasteiger partial charge in [-0.15, -0.1) is 0 Å². The van der Waals surface area contributed by atoms with E-state index in [1.54, 1.807) is 12.1 Å². The Morgan fingerprint density at radius 2 is 2.08 bits per heavy atom. The van der Waals surface area contributed by atoms with Crippen LogP contribution in [0.5, 0.6) is 0 Å². The van der Waals surface area contributed by atoms with Crippen LogP contribution in [0.15, 0.2) is 51.7 Å². The SMILES string of the molecule is CN(C)CC1C#CC=C(c2c([N+](=O)[O-])ccc3oc(=O)ccc23)C=C1. The van der Waals surface area contributed by atoms with Crippen LogP contribution in [0.2, 0.25) is 0 Å². The summed E-state index contributed by atoms with van der Waals surface area (Å²) in [4.78, 5) is 24.5. The zero-order chi connectivity index (χ0) is 18.0. The highest BCUT2D eigenvalue weighted by Gasteiger charge is 2.21. The average molecular weight is 336 g/mol. The first-order valence-electron chi connectivity index (χ1n) is 7.71. The first-order chi connectivity index (χ1) is 12.0. The van der Waals surface area contributed by atoms with Gasteiger partial charge in [0.25, 0.3) is 5.69 Å². The number of allylic oxidation sites excluding steroid dienone is 3. The highest BCUT2D eigenvalue weighted by atomic mass is 16.6. The van der Waals surface area contributed by atoms with E-state index in [1.165, 1.54) is 18.2 Å². The molecule has 0 radical (unpaired) electrons. The highest BCUT2D eigenvalue weighted by Crippen LogP contribution is 2.34. The van der Waals surface area contributed by atoms with E-state index >= 15 is 0 Å². The number of hydrogen-bond acceptors (Lipinski definition) is 5. The van der Waals surface area contributed by atoms with E-state index in [0.717, 1.165) is 6.54 Å². The molecule has 1 aromatic carbocycles. The highest BCUT2D eigenvalue weighted by molar-refractivity contribution is 5.98. The summed E-state index contributed by atoms with van der Waals surface area (Å²) < 4.78 is 5.16. The third-order valence-electron chi connectivity index (χ3n) is 3.83. The second-order valence-corrected chi connectivity index (χ2v) is 6.00. The van der Waals surface area contributed by atoms with Crippen molar-refractivity contribution in [1.29, 1.82) is 0 Å². The van der Waals surface area contributed by atoms with Gasteiger partial charge in [-0.25, -0.2) is 4.79 Å². The summed E-state index contributed by atoms with van der Waals surface area (Å²) >= 11 is 0. The van der Waals surface area contributed by atoms with Crippen LogP contribution in [0.25, 0.3) is 16.5 Å². The van der Waals surface area contributed by atoms with Crippen LogP contribution in [0.1, 0.15) is 5.56 Å². The number of benzene rings is 1. The molecule has 1 heterocycles. The molecule has 126 valence electrons. The molecular weight excluding hydrogens is 320 g/mol. The van der Waals surface area contributed by atoms with Gasteiger partial charge in [0.1, 0.15) is 5.58 Å². The first kappa shape index (κ1) is 16.7. The lowest BCUT2D eigenvalue weighted by atomic mass is 9.98. The summed E-state index contributed by atoms with van der Waals surface area (Å²) in [5.74, 6) is 6.14. The number of nitrogens with zero attached hydrogens (tertiary/aromatic N) is 2. The van der Waals surface area contributed by atoms with Gasteiger partial charge in [-0.2, -0.15) is 0 Å². The Kier molecular flexibility index (Phi) is 4.50. The topological polar surface area (TPSA) is 76.6 Å². The fourth-order valence-electron chi connectivity index (χ4n) is 2.79. The minimum atomic E-state index is -0.497. The maximum absolute atomic E-state index is 11.5. The summed E-state index contributed by atoms with van der Waals surface area (Å²) in [6.45, 7) is 0.761. The Hall–Kier alpha value is -3.17. The summed E-state index contributed by atoms with van der Waals surface area (Å²) in [5, 5.41) is 12.0. The van der Waals surface area contributed by atoms with Gasteiger partial charge in [0.15, 0.2) is 0 Å². The number of rotatable bonds is 4. The van der Waals surface area contributed by atoms with Crippen molar-refractivity contribution in [3.63, 3.8) is 0 Å². The first-order valence-corrected chi connectivity index (χ1v) is 7.71. The van der Waals surface area contributed by atoms with Gasteiger partial charge in [0, 0.05) is 24.1 Å². The monoisotopic (exact) mass is 336 g/mol. The van der Waals surface area contributed by atoms with Crippen molar-refractivity contribution >= 4 is 22.2 Å². The molecule has 6 heteroatoms. The van der Waals surface area contributed by atoms with Crippen molar-refractivity contribution in [3.05, 3.63) is 68.6 Å². The Balaban J connectivity index is 2.16. The molecular formula is C19H16N2O4. The molecule has 0 spiro atoms. The minimum absolute atomic E-state index is 0.0377. The molecule has 1 aliphatic rings. The van der Waals surface area contributed by atoms with Gasteiger partial charge in [-0.1, -0.05) is 24.0 Å². The van der Waals surface area contributed by atoms with E-state index in [2.05, 4.69) is 11.8 Å². The minimum Gasteiger partial charge on any atom is -0.423 e. The molecule has 25 heavy (non-hydrogen) atoms. The molecule has 1 atom stereocenters. The lowest BCUT2D eigenvalue weighted by Crippen LogP contribution is -2.19. The molecule has 0 bridgehead atoms. The van der Waals surface area contributed by atoms with Crippen molar-refractivity contribution in [2.75, 3.05) is 20.6 Å². The molecule has 0 aliphatic heterocycles. The third-order valence-corrected chi connectivity index (χ3v) is 3.83. The predicted octanol–water partition coefficient (Wildman–Crippen LogP) is 2.84. The van der Waals surface area contributed by atoms with Gasteiger partial charge in [0.2, 0.25) is 0 Å². The Morgan fingerprint density at radius 3 is 2.80 bits per heavy atom. The van der Waals surface area contributed by atoms with Crippen molar-refractivity contribution in [2.24, 2.45) is 5.92 Å². The van der Waals surface area contributed by atoms with Crippen molar-refractivity contribution in [3.8, 4) is 11.8 Å². The maximum Gasteiger partial charge on any atom is 0.336 e. The van der Waals surface area contributed by atoms with Crippen LogP contribution in [0.4, 0.5) is 5.69 Å². The van der Waals surface area contributed by atoms with Crippen LogP contribution in [-0.4, -0.2) is 30.5 Å². The molecule has 0 amide bonds. The number of hydrogen-bond donors (Lipinski definition) is 0. The largest absolute Gasteiger partial charge is 0.423 e. The quantitative estimate of drug-likeness (QED) is 0.371. The van der Waals surface area contributed by atoms with Crippen molar-refractivity contribution in [2.45, 2.75) is 0 Å². The van der Waals surface area contributed by atoms with Crippen LogP contribution in [0, 0.1) is 27.9 Å². The molecule has 3 rings (SSSR count). The zero-order valence-electron chi connectivity index (χ0n) is 13.9. The van der Waals surface area contributed by atoms with Crippen LogP contribution in [0.3, 0.4) is 0 Å². The molecule has 0 N–H and O–H groups in total. The van der Waals surface area contributed by atoms with Crippen molar-refractivity contribution in [1.82, 2.24) is 4.90 Å². The average Bonchev–Trinajstić information content (AvgIpc) is 2.78. The van der Waals surface area contributed by atoms with Gasteiger partial charge in [-0.3, -0.25) is 10.1 Å². The van der Waals surface area contributed by atoms with E-state index in [4.69, 9.17) is 4.42 Å². The van der Waals surface area contributed by atoms with Gasteiger partial charge < -0.3 is 9.32 Å². The molecule has 1 aliphatic carbocycles. The molecule has 1 aromatic heterocycles. The van der Waals surface area contributed by atoms with Crippen LogP contribution in [-0.2, 0) is 0 Å². The van der Waals surface area contributed by atoms with E-state index in [0.29, 0.717) is 22.1 Å². The van der Waals surface area contributed by atoms with Gasteiger partial charge in [-0.05, 0) is 37.9 Å². The van der Waals surface area contributed by atoms with Gasteiger partial charge >= 0.3 is 5.63 Å². The number of nitro groups is 1. The van der Waals surface area contributed by atoms with E-state index < -0.39 is 10.5 Å². The Morgan fingerprint density at radius 1 is 1.28 bits per heavy atom. The van der Waals surface area contributed by atoms with E-state index in [1.807, 2.05) is 31.1 Å². The molecule has 0 fully saturated rings. The standard InChI is InChI=1S/C19H16N2O4/c1-20(2)12-13-4-3-5-14(7-6-13)19-15-8-11-18(22)25-17(15)10-9-16(19)21(23)24/h5-11,13H,12H2,1-2H3. The Labute approximate surface area is 144 Å². The summed E-state index contributed by atoms with van der Waals surface area (Å²) in [5.41, 5.74) is 0.792. The molecule has 6 nitrogen and oxygen atoms in total. The van der Waals surface area contributed by atoms with Crippen LogP contribution >= 0.6 is 0 Å². The van der Waals surface area contributed by atoms with Crippen LogP contribution < -0.4 is 5.63 Å². The third kappa shape index (κ3) is 3.52. The summed E-state index contributed by atoms with van der Waals surface area (Å²) in [7, 11) is 3.93. The predicted molar refractivity (Wildman–Crippen MR) is 96.1 cm³/mol. The normalized spacial score (nSPS) is 16.3. The van der Waals surface area contributed by atoms with E-state index in [9.17, 15) is 14.9 Å². The molecule has 1 unspecified atom stereocenters. The maximum atomic E-state index is 11.5.